The number of anilines is 1. The quantitative estimate of drug-likeness (QED) is 0.857. The molecule has 122 valence electrons. The van der Waals surface area contributed by atoms with E-state index >= 15 is 0 Å². The summed E-state index contributed by atoms with van der Waals surface area (Å²) in [4.78, 5) is 13.6. The van der Waals surface area contributed by atoms with Gasteiger partial charge in [-0.05, 0) is 45.0 Å². The van der Waals surface area contributed by atoms with E-state index in [1.54, 1.807) is 32.9 Å². The molecule has 0 saturated carbocycles. The molecule has 0 atom stereocenters. The first-order chi connectivity index (χ1) is 10.1. The molecule has 1 aromatic carbocycles. The number of hydrogen-bond donors (Lipinski definition) is 1. The number of carbonyl (C=O) groups excluding carboxylic acids is 1. The van der Waals surface area contributed by atoms with E-state index in [9.17, 15) is 13.2 Å². The summed E-state index contributed by atoms with van der Waals surface area (Å²) < 4.78 is 29.8. The molecule has 22 heavy (non-hydrogen) atoms. The third-order valence-corrected chi connectivity index (χ3v) is 5.20. The van der Waals surface area contributed by atoms with Gasteiger partial charge < -0.3 is 15.4 Å². The van der Waals surface area contributed by atoms with Gasteiger partial charge in [-0.3, -0.25) is 0 Å². The predicted octanol–water partition coefficient (Wildman–Crippen LogP) is 1.91. The van der Waals surface area contributed by atoms with Gasteiger partial charge in [-0.25, -0.2) is 13.2 Å². The molecule has 2 N–H and O–H groups in total. The zero-order valence-corrected chi connectivity index (χ0v) is 13.9. The average Bonchev–Trinajstić information content (AvgIpc) is 2.31. The molecule has 0 bridgehead atoms. The summed E-state index contributed by atoms with van der Waals surface area (Å²) in [6.07, 6.45) is -0.395. The van der Waals surface area contributed by atoms with E-state index in [0.29, 0.717) is 18.8 Å². The van der Waals surface area contributed by atoms with Crippen LogP contribution in [0.1, 0.15) is 20.8 Å². The Hall–Kier alpha value is -1.76. The smallest absolute Gasteiger partial charge is 0.410 e. The maximum atomic E-state index is 12.3. The number of sulfone groups is 1. The van der Waals surface area contributed by atoms with Crippen LogP contribution in [0, 0.1) is 5.92 Å². The van der Waals surface area contributed by atoms with Crippen LogP contribution in [-0.2, 0) is 14.6 Å². The largest absolute Gasteiger partial charge is 0.444 e. The van der Waals surface area contributed by atoms with Crippen molar-refractivity contribution in [2.75, 3.05) is 24.6 Å². The van der Waals surface area contributed by atoms with E-state index in [1.165, 1.54) is 17.0 Å². The number of ether oxygens (including phenoxy) is 1. The van der Waals surface area contributed by atoms with Gasteiger partial charge in [-0.1, -0.05) is 0 Å². The van der Waals surface area contributed by atoms with Crippen LogP contribution < -0.4 is 5.73 Å². The Morgan fingerprint density at radius 2 is 1.82 bits per heavy atom. The van der Waals surface area contributed by atoms with Crippen LogP contribution in [0.2, 0.25) is 0 Å². The molecular formula is C15H22N2O4S. The maximum Gasteiger partial charge on any atom is 0.410 e. The minimum atomic E-state index is -3.36. The summed E-state index contributed by atoms with van der Waals surface area (Å²) in [7, 11) is -3.36. The highest BCUT2D eigenvalue weighted by Gasteiger charge is 2.36. The molecule has 7 heteroatoms. The zero-order valence-electron chi connectivity index (χ0n) is 13.1. The first kappa shape index (κ1) is 16.6. The van der Waals surface area contributed by atoms with Gasteiger partial charge >= 0.3 is 6.09 Å². The van der Waals surface area contributed by atoms with Crippen molar-refractivity contribution in [3.05, 3.63) is 24.3 Å². The minimum Gasteiger partial charge on any atom is -0.444 e. The first-order valence-corrected chi connectivity index (χ1v) is 8.78. The van der Waals surface area contributed by atoms with Gasteiger partial charge in [0.15, 0.2) is 9.84 Å². The molecule has 1 aromatic rings. The zero-order chi connectivity index (χ0) is 16.5. The lowest BCUT2D eigenvalue weighted by atomic mass is 10.0. The Kier molecular flexibility index (Phi) is 4.37. The van der Waals surface area contributed by atoms with E-state index < -0.39 is 21.5 Å². The molecule has 1 saturated heterocycles. The molecule has 1 heterocycles. The molecule has 1 amide bonds. The van der Waals surface area contributed by atoms with E-state index in [2.05, 4.69) is 0 Å². The highest BCUT2D eigenvalue weighted by molar-refractivity contribution is 7.91. The van der Waals surface area contributed by atoms with Crippen molar-refractivity contribution in [3.8, 4) is 0 Å². The molecule has 0 aliphatic carbocycles. The van der Waals surface area contributed by atoms with Crippen molar-refractivity contribution in [1.29, 1.82) is 0 Å². The fraction of sp³-hybridized carbons (Fsp3) is 0.533. The van der Waals surface area contributed by atoms with Crippen molar-refractivity contribution >= 4 is 21.6 Å². The van der Waals surface area contributed by atoms with Crippen molar-refractivity contribution in [3.63, 3.8) is 0 Å². The van der Waals surface area contributed by atoms with Crippen molar-refractivity contribution in [2.45, 2.75) is 31.3 Å². The van der Waals surface area contributed by atoms with Gasteiger partial charge in [0.2, 0.25) is 0 Å². The van der Waals surface area contributed by atoms with Crippen LogP contribution in [0.15, 0.2) is 29.2 Å². The van der Waals surface area contributed by atoms with Gasteiger partial charge in [-0.15, -0.1) is 0 Å². The SMILES string of the molecule is CC(C)(C)OC(=O)N1CC(CS(=O)(=O)c2ccc(N)cc2)C1. The number of nitrogen functional groups attached to an aromatic ring is 1. The Morgan fingerprint density at radius 3 is 2.32 bits per heavy atom. The number of nitrogens with zero attached hydrogens (tertiary/aromatic N) is 1. The summed E-state index contributed by atoms with van der Waals surface area (Å²) in [5.41, 5.74) is 5.54. The van der Waals surface area contributed by atoms with Gasteiger partial charge in [0, 0.05) is 24.7 Å². The molecule has 2 rings (SSSR count). The molecule has 0 unspecified atom stereocenters. The second-order valence-electron chi connectivity index (χ2n) is 6.60. The van der Waals surface area contributed by atoms with Gasteiger partial charge in [0.05, 0.1) is 10.6 Å². The van der Waals surface area contributed by atoms with E-state index in [0.717, 1.165) is 0 Å². The third kappa shape index (κ3) is 4.13. The number of rotatable bonds is 3. The van der Waals surface area contributed by atoms with Gasteiger partial charge in [0.1, 0.15) is 5.60 Å². The molecule has 1 fully saturated rings. The maximum absolute atomic E-state index is 12.3. The lowest BCUT2D eigenvalue weighted by molar-refractivity contribution is 0.00191. The number of hydrogen-bond acceptors (Lipinski definition) is 5. The number of carbonyl (C=O) groups is 1. The fourth-order valence-corrected chi connectivity index (χ4v) is 3.81. The Morgan fingerprint density at radius 1 is 1.27 bits per heavy atom. The van der Waals surface area contributed by atoms with Crippen molar-refractivity contribution in [1.82, 2.24) is 4.90 Å². The Balaban J connectivity index is 1.89. The molecule has 0 radical (unpaired) electrons. The predicted molar refractivity (Wildman–Crippen MR) is 84.2 cm³/mol. The second kappa shape index (κ2) is 5.79. The average molecular weight is 326 g/mol. The highest BCUT2D eigenvalue weighted by Crippen LogP contribution is 2.24. The summed E-state index contributed by atoms with van der Waals surface area (Å²) in [6, 6.07) is 6.16. The lowest BCUT2D eigenvalue weighted by Gasteiger charge is -2.39. The van der Waals surface area contributed by atoms with E-state index in [-0.39, 0.29) is 16.6 Å². The standard InChI is InChI=1S/C15H22N2O4S/c1-15(2,3)21-14(18)17-8-11(9-17)10-22(19,20)13-6-4-12(16)5-7-13/h4-7,11H,8-10,16H2,1-3H3. The van der Waals surface area contributed by atoms with E-state index in [1.807, 2.05) is 0 Å². The molecule has 6 nitrogen and oxygen atoms in total. The molecule has 1 aliphatic rings. The lowest BCUT2D eigenvalue weighted by Crippen LogP contribution is -2.53. The Labute approximate surface area is 131 Å². The van der Waals surface area contributed by atoms with E-state index in [4.69, 9.17) is 10.5 Å². The fourth-order valence-electron chi connectivity index (χ4n) is 2.23. The molecule has 0 spiro atoms. The van der Waals surface area contributed by atoms with Crippen LogP contribution in [0.5, 0.6) is 0 Å². The van der Waals surface area contributed by atoms with Crippen LogP contribution in [0.3, 0.4) is 0 Å². The number of likely N-dealkylation sites (tertiary alicyclic amines) is 1. The summed E-state index contributed by atoms with van der Waals surface area (Å²) in [5.74, 6) is -0.0361. The monoisotopic (exact) mass is 326 g/mol. The normalized spacial score (nSPS) is 16.2. The van der Waals surface area contributed by atoms with Gasteiger partial charge in [0.25, 0.3) is 0 Å². The van der Waals surface area contributed by atoms with Crippen molar-refractivity contribution in [2.24, 2.45) is 5.92 Å². The minimum absolute atomic E-state index is 0.0240. The van der Waals surface area contributed by atoms with Crippen LogP contribution in [0.25, 0.3) is 0 Å². The molecular weight excluding hydrogens is 304 g/mol. The topological polar surface area (TPSA) is 89.7 Å². The Bertz CT molecular complexity index is 641. The second-order valence-corrected chi connectivity index (χ2v) is 8.64. The molecule has 1 aliphatic heterocycles. The summed E-state index contributed by atoms with van der Waals surface area (Å²) in [5, 5.41) is 0. The molecule has 0 aromatic heterocycles. The van der Waals surface area contributed by atoms with Crippen molar-refractivity contribution < 1.29 is 17.9 Å². The summed E-state index contributed by atoms with van der Waals surface area (Å²) >= 11 is 0. The number of nitrogens with two attached hydrogens (primary N) is 1. The first-order valence-electron chi connectivity index (χ1n) is 7.13. The van der Waals surface area contributed by atoms with Gasteiger partial charge in [-0.2, -0.15) is 0 Å². The van der Waals surface area contributed by atoms with Crippen LogP contribution in [-0.4, -0.2) is 43.9 Å². The van der Waals surface area contributed by atoms with Crippen LogP contribution in [0.4, 0.5) is 10.5 Å². The summed E-state index contributed by atoms with van der Waals surface area (Å²) in [6.45, 7) is 6.21. The number of benzene rings is 1. The number of amides is 1. The highest BCUT2D eigenvalue weighted by atomic mass is 32.2. The van der Waals surface area contributed by atoms with Crippen LogP contribution >= 0.6 is 0 Å². The third-order valence-electron chi connectivity index (χ3n) is 3.30.